The highest BCUT2D eigenvalue weighted by Gasteiger charge is 2.15. The number of thiazole rings is 1. The van der Waals surface area contributed by atoms with E-state index >= 15 is 0 Å². The molecule has 0 spiro atoms. The predicted octanol–water partition coefficient (Wildman–Crippen LogP) is 0.868. The van der Waals surface area contributed by atoms with Crippen LogP contribution in [0.5, 0.6) is 0 Å². The Kier molecular flexibility index (Phi) is 4.15. The van der Waals surface area contributed by atoms with Crippen LogP contribution in [-0.4, -0.2) is 36.6 Å². The molecule has 0 aromatic carbocycles. The van der Waals surface area contributed by atoms with Crippen LogP contribution < -0.4 is 10.2 Å². The van der Waals surface area contributed by atoms with Gasteiger partial charge in [-0.25, -0.2) is 0 Å². The number of likely N-dealkylation sites (tertiary alicyclic amines) is 1. The summed E-state index contributed by atoms with van der Waals surface area (Å²) in [7, 11) is 2.18. The molecule has 0 saturated carbocycles. The maximum Gasteiger partial charge on any atom is 0.304 e. The number of hydrogen-bond acceptors (Lipinski definition) is 4. The predicted molar refractivity (Wildman–Crippen MR) is 66.9 cm³/mol. The van der Waals surface area contributed by atoms with Gasteiger partial charge in [-0.05, 0) is 45.4 Å². The zero-order valence-electron chi connectivity index (χ0n) is 9.66. The summed E-state index contributed by atoms with van der Waals surface area (Å²) < 4.78 is 0. The first-order chi connectivity index (χ1) is 7.74. The minimum atomic E-state index is 0.0380. The van der Waals surface area contributed by atoms with E-state index < -0.39 is 0 Å². The maximum absolute atomic E-state index is 10.9. The van der Waals surface area contributed by atoms with Gasteiger partial charge in [-0.2, -0.15) is 0 Å². The van der Waals surface area contributed by atoms with E-state index in [1.54, 1.807) is 0 Å². The van der Waals surface area contributed by atoms with Crippen molar-refractivity contribution in [2.75, 3.05) is 26.7 Å². The number of nitrogens with one attached hydrogen (secondary N) is 2. The van der Waals surface area contributed by atoms with E-state index in [1.807, 2.05) is 5.38 Å². The highest BCUT2D eigenvalue weighted by atomic mass is 32.1. The van der Waals surface area contributed by atoms with Gasteiger partial charge < -0.3 is 15.2 Å². The summed E-state index contributed by atoms with van der Waals surface area (Å²) in [5.74, 6) is 0.793. The molecule has 5 heteroatoms. The summed E-state index contributed by atoms with van der Waals surface area (Å²) in [5.41, 5.74) is 1.00. The number of H-pyrrole nitrogens is 1. The summed E-state index contributed by atoms with van der Waals surface area (Å²) in [6.07, 6.45) is 2.56. The number of aromatic amines is 1. The van der Waals surface area contributed by atoms with Crippen LogP contribution in [0.4, 0.5) is 0 Å². The fourth-order valence-electron chi connectivity index (χ4n) is 2.08. The van der Waals surface area contributed by atoms with Crippen molar-refractivity contribution in [3.8, 4) is 0 Å². The van der Waals surface area contributed by atoms with Gasteiger partial charge in [-0.15, -0.1) is 0 Å². The monoisotopic (exact) mass is 241 g/mol. The van der Waals surface area contributed by atoms with Gasteiger partial charge in [-0.3, -0.25) is 4.79 Å². The topological polar surface area (TPSA) is 48.1 Å². The molecule has 0 atom stereocenters. The first kappa shape index (κ1) is 11.8. The van der Waals surface area contributed by atoms with Crippen LogP contribution in [0.15, 0.2) is 10.2 Å². The van der Waals surface area contributed by atoms with Crippen LogP contribution >= 0.6 is 11.3 Å². The number of piperidine rings is 1. The Hall–Kier alpha value is -0.650. The minimum absolute atomic E-state index is 0.0380. The van der Waals surface area contributed by atoms with Crippen LogP contribution in [0.3, 0.4) is 0 Å². The van der Waals surface area contributed by atoms with Crippen molar-refractivity contribution in [1.82, 2.24) is 15.2 Å². The molecule has 0 amide bonds. The molecule has 1 aliphatic rings. The van der Waals surface area contributed by atoms with E-state index in [9.17, 15) is 4.79 Å². The van der Waals surface area contributed by atoms with Crippen LogP contribution in [0.1, 0.15) is 18.5 Å². The molecule has 90 valence electrons. The molecule has 1 fully saturated rings. The van der Waals surface area contributed by atoms with E-state index in [-0.39, 0.29) is 4.87 Å². The van der Waals surface area contributed by atoms with Gasteiger partial charge in [0.2, 0.25) is 0 Å². The number of rotatable bonds is 4. The lowest BCUT2D eigenvalue weighted by Gasteiger charge is -2.28. The maximum atomic E-state index is 10.9. The van der Waals surface area contributed by atoms with E-state index in [1.165, 1.54) is 37.3 Å². The third-order valence-electron chi connectivity index (χ3n) is 3.16. The van der Waals surface area contributed by atoms with E-state index in [0.29, 0.717) is 0 Å². The average molecular weight is 241 g/mol. The molecule has 2 N–H and O–H groups in total. The quantitative estimate of drug-likeness (QED) is 0.822. The summed E-state index contributed by atoms with van der Waals surface area (Å²) in [4.78, 5) is 16.2. The smallest absolute Gasteiger partial charge is 0.304 e. The van der Waals surface area contributed by atoms with E-state index in [4.69, 9.17) is 0 Å². The molecule has 2 heterocycles. The van der Waals surface area contributed by atoms with Crippen molar-refractivity contribution in [3.05, 3.63) is 20.7 Å². The zero-order valence-corrected chi connectivity index (χ0v) is 10.5. The fraction of sp³-hybridized carbons (Fsp3) is 0.727. The van der Waals surface area contributed by atoms with Crippen molar-refractivity contribution in [2.24, 2.45) is 5.92 Å². The molecule has 0 bridgehead atoms. The Bertz CT molecular complexity index is 365. The number of nitrogens with zero attached hydrogens (tertiary/aromatic N) is 1. The molecule has 0 radical (unpaired) electrons. The summed E-state index contributed by atoms with van der Waals surface area (Å²) in [6.45, 7) is 4.26. The molecule has 1 aromatic heterocycles. The molecule has 1 aromatic rings. The van der Waals surface area contributed by atoms with Crippen LogP contribution in [0.25, 0.3) is 0 Å². The standard InChI is InChI=1S/C11H19N3OS/c1-14-4-2-9(3-5-14)6-12-7-10-8-16-11(15)13-10/h8-9,12H,2-7H2,1H3,(H,13,15). The minimum Gasteiger partial charge on any atom is -0.315 e. The second kappa shape index (κ2) is 5.61. The third kappa shape index (κ3) is 3.43. The second-order valence-electron chi connectivity index (χ2n) is 4.55. The molecule has 16 heavy (non-hydrogen) atoms. The van der Waals surface area contributed by atoms with Gasteiger partial charge in [0.05, 0.1) is 0 Å². The molecule has 1 saturated heterocycles. The largest absolute Gasteiger partial charge is 0.315 e. The van der Waals surface area contributed by atoms with Gasteiger partial charge in [-0.1, -0.05) is 11.3 Å². The van der Waals surface area contributed by atoms with E-state index in [0.717, 1.165) is 24.7 Å². The summed E-state index contributed by atoms with van der Waals surface area (Å²) >= 11 is 1.23. The fourth-order valence-corrected chi connectivity index (χ4v) is 2.66. The number of hydrogen-bond donors (Lipinski definition) is 2. The Morgan fingerprint density at radius 2 is 2.31 bits per heavy atom. The van der Waals surface area contributed by atoms with Gasteiger partial charge in [0.25, 0.3) is 0 Å². The Balaban J connectivity index is 1.66. The Labute approximate surface area is 99.7 Å². The summed E-state index contributed by atoms with van der Waals surface area (Å²) in [6, 6.07) is 0. The van der Waals surface area contributed by atoms with Crippen LogP contribution in [0.2, 0.25) is 0 Å². The van der Waals surface area contributed by atoms with Gasteiger partial charge in [0, 0.05) is 17.6 Å². The molecule has 1 aliphatic heterocycles. The Morgan fingerprint density at radius 1 is 1.56 bits per heavy atom. The van der Waals surface area contributed by atoms with E-state index in [2.05, 4.69) is 22.2 Å². The lowest BCUT2D eigenvalue weighted by molar-refractivity contribution is 0.216. The normalized spacial score (nSPS) is 19.1. The highest BCUT2D eigenvalue weighted by molar-refractivity contribution is 7.07. The molecule has 4 nitrogen and oxygen atoms in total. The number of aromatic nitrogens is 1. The molecular formula is C11H19N3OS. The van der Waals surface area contributed by atoms with Crippen molar-refractivity contribution in [2.45, 2.75) is 19.4 Å². The van der Waals surface area contributed by atoms with Crippen molar-refractivity contribution >= 4 is 11.3 Å². The van der Waals surface area contributed by atoms with Gasteiger partial charge >= 0.3 is 4.87 Å². The van der Waals surface area contributed by atoms with Gasteiger partial charge in [0.15, 0.2) is 0 Å². The molecule has 2 rings (SSSR count). The average Bonchev–Trinajstić information content (AvgIpc) is 2.67. The molecule has 0 unspecified atom stereocenters. The van der Waals surface area contributed by atoms with Crippen LogP contribution in [-0.2, 0) is 6.54 Å². The third-order valence-corrected chi connectivity index (χ3v) is 3.88. The highest BCUT2D eigenvalue weighted by Crippen LogP contribution is 2.14. The molecular weight excluding hydrogens is 222 g/mol. The first-order valence-electron chi connectivity index (χ1n) is 5.80. The van der Waals surface area contributed by atoms with Gasteiger partial charge in [0.1, 0.15) is 0 Å². The van der Waals surface area contributed by atoms with Crippen molar-refractivity contribution < 1.29 is 0 Å². The first-order valence-corrected chi connectivity index (χ1v) is 6.68. The van der Waals surface area contributed by atoms with Crippen LogP contribution in [0, 0.1) is 5.92 Å². The molecule has 0 aliphatic carbocycles. The van der Waals surface area contributed by atoms with Crippen molar-refractivity contribution in [1.29, 1.82) is 0 Å². The Morgan fingerprint density at radius 3 is 2.94 bits per heavy atom. The zero-order chi connectivity index (χ0) is 11.4. The lowest BCUT2D eigenvalue weighted by atomic mass is 9.97. The lowest BCUT2D eigenvalue weighted by Crippen LogP contribution is -2.34. The summed E-state index contributed by atoms with van der Waals surface area (Å²) in [5, 5.41) is 5.31. The second-order valence-corrected chi connectivity index (χ2v) is 5.39. The van der Waals surface area contributed by atoms with Crippen molar-refractivity contribution in [3.63, 3.8) is 0 Å². The SMILES string of the molecule is CN1CCC(CNCc2csc(=O)[nH]2)CC1.